The number of rotatable bonds is 10. The highest BCUT2D eigenvalue weighted by atomic mass is 16.5. The number of phenols is 1. The van der Waals surface area contributed by atoms with Crippen LogP contribution in [0.1, 0.15) is 41.8 Å². The molecule has 1 heterocycles. The van der Waals surface area contributed by atoms with E-state index >= 15 is 0 Å². The smallest absolute Gasteiger partial charge is 0.163 e. The molecule has 0 radical (unpaired) electrons. The number of aromatic hydroxyl groups is 1. The molecule has 0 saturated heterocycles. The van der Waals surface area contributed by atoms with Gasteiger partial charge in [-0.15, -0.1) is 5.10 Å². The quantitative estimate of drug-likeness (QED) is 0.456. The Kier molecular flexibility index (Phi) is 7.36. The van der Waals surface area contributed by atoms with Crippen molar-refractivity contribution in [1.82, 2.24) is 20.2 Å². The van der Waals surface area contributed by atoms with Crippen molar-refractivity contribution in [1.29, 1.82) is 5.26 Å². The average molecular weight is 437 g/mol. The molecular weight excluding hydrogens is 414 g/mol. The molecule has 32 heavy (non-hydrogen) atoms. The van der Waals surface area contributed by atoms with E-state index in [-0.39, 0.29) is 41.6 Å². The first-order valence-electron chi connectivity index (χ1n) is 10.0. The lowest BCUT2D eigenvalue weighted by Crippen LogP contribution is -2.25. The number of ketones is 1. The van der Waals surface area contributed by atoms with E-state index in [4.69, 9.17) is 9.47 Å². The number of aromatic nitrogens is 4. The molecule has 2 aromatic carbocycles. The highest BCUT2D eigenvalue weighted by molar-refractivity contribution is 5.97. The molecular formula is C22H23N5O5. The number of aliphatic hydroxyl groups excluding tert-OH is 1. The molecule has 0 saturated carbocycles. The summed E-state index contributed by atoms with van der Waals surface area (Å²) < 4.78 is 12.7. The summed E-state index contributed by atoms with van der Waals surface area (Å²) in [5, 5.41) is 41.2. The summed E-state index contributed by atoms with van der Waals surface area (Å²) in [4.78, 5) is 11.7. The van der Waals surface area contributed by atoms with E-state index in [2.05, 4.69) is 21.6 Å². The van der Waals surface area contributed by atoms with E-state index in [1.807, 2.05) is 6.92 Å². The van der Waals surface area contributed by atoms with Gasteiger partial charge in [-0.2, -0.15) is 9.94 Å². The number of carbonyl (C=O) groups is 1. The highest BCUT2D eigenvalue weighted by Gasteiger charge is 2.18. The summed E-state index contributed by atoms with van der Waals surface area (Å²) in [7, 11) is 0. The van der Waals surface area contributed by atoms with Gasteiger partial charge in [-0.25, -0.2) is 0 Å². The number of nitrogens with zero attached hydrogens (tertiary/aromatic N) is 5. The zero-order chi connectivity index (χ0) is 23.1. The molecule has 3 rings (SSSR count). The lowest BCUT2D eigenvalue weighted by atomic mass is 10.0. The zero-order valence-electron chi connectivity index (χ0n) is 17.7. The van der Waals surface area contributed by atoms with Crippen molar-refractivity contribution in [3.8, 4) is 29.0 Å². The zero-order valence-corrected chi connectivity index (χ0v) is 17.7. The van der Waals surface area contributed by atoms with Crippen LogP contribution in [0.25, 0.3) is 5.69 Å². The normalized spacial score (nSPS) is 11.6. The first kappa shape index (κ1) is 22.7. The number of hydrogen-bond donors (Lipinski definition) is 2. The van der Waals surface area contributed by atoms with E-state index < -0.39 is 6.10 Å². The van der Waals surface area contributed by atoms with Gasteiger partial charge in [-0.05, 0) is 48.0 Å². The van der Waals surface area contributed by atoms with Crippen molar-refractivity contribution < 1.29 is 24.5 Å². The van der Waals surface area contributed by atoms with Gasteiger partial charge in [0.25, 0.3) is 0 Å². The minimum atomic E-state index is -1.01. The van der Waals surface area contributed by atoms with E-state index in [1.165, 1.54) is 24.0 Å². The predicted octanol–water partition coefficient (Wildman–Crippen LogP) is 2.21. The number of tetrazole rings is 1. The molecule has 166 valence electrons. The first-order valence-corrected chi connectivity index (χ1v) is 10.0. The molecule has 0 aliphatic heterocycles. The van der Waals surface area contributed by atoms with Gasteiger partial charge in [0.1, 0.15) is 54.5 Å². The number of Topliss-reactive ketones (excluding diaryl/α,β-unsaturated/α-hetero) is 1. The lowest BCUT2D eigenvalue weighted by Gasteiger charge is -2.18. The first-order chi connectivity index (χ1) is 15.5. The monoisotopic (exact) mass is 437 g/mol. The van der Waals surface area contributed by atoms with Crippen LogP contribution in [0.4, 0.5) is 0 Å². The van der Waals surface area contributed by atoms with Crippen molar-refractivity contribution in [2.45, 2.75) is 32.8 Å². The fraction of sp³-hybridized carbons (Fsp3) is 0.318. The van der Waals surface area contributed by atoms with Crippen LogP contribution in [0.2, 0.25) is 0 Å². The Balaban J connectivity index is 1.67. The summed E-state index contributed by atoms with van der Waals surface area (Å²) in [5.41, 5.74) is 1.43. The Hall–Kier alpha value is -3.97. The fourth-order valence-corrected chi connectivity index (χ4v) is 3.16. The maximum absolute atomic E-state index is 11.7. The molecule has 10 heteroatoms. The van der Waals surface area contributed by atoms with Gasteiger partial charge in [0.05, 0.1) is 11.3 Å². The van der Waals surface area contributed by atoms with Crippen LogP contribution in [0.3, 0.4) is 0 Å². The number of hydrogen-bond acceptors (Lipinski definition) is 9. The molecule has 0 bridgehead atoms. The van der Waals surface area contributed by atoms with Gasteiger partial charge in [0.2, 0.25) is 0 Å². The van der Waals surface area contributed by atoms with Crippen molar-refractivity contribution in [3.63, 3.8) is 0 Å². The number of aliphatic hydroxyl groups is 1. The average Bonchev–Trinajstić information content (AvgIpc) is 3.32. The minimum Gasteiger partial charge on any atom is -0.507 e. The maximum Gasteiger partial charge on any atom is 0.163 e. The molecule has 0 aliphatic carbocycles. The van der Waals surface area contributed by atoms with E-state index in [1.54, 1.807) is 24.3 Å². The largest absolute Gasteiger partial charge is 0.507 e. The summed E-state index contributed by atoms with van der Waals surface area (Å²) >= 11 is 0. The third kappa shape index (κ3) is 5.01. The van der Waals surface area contributed by atoms with Crippen LogP contribution in [-0.2, 0) is 6.42 Å². The van der Waals surface area contributed by atoms with Crippen molar-refractivity contribution in [2.75, 3.05) is 13.2 Å². The van der Waals surface area contributed by atoms with Gasteiger partial charge in [-0.3, -0.25) is 4.79 Å². The Labute approximate surface area is 184 Å². The number of ether oxygens (including phenoxy) is 2. The number of carbonyl (C=O) groups excluding carboxylic acids is 1. The third-order valence-corrected chi connectivity index (χ3v) is 4.69. The van der Waals surface area contributed by atoms with Gasteiger partial charge in [-0.1, -0.05) is 19.4 Å². The van der Waals surface area contributed by atoms with E-state index in [0.717, 1.165) is 6.42 Å². The van der Waals surface area contributed by atoms with Gasteiger partial charge in [0.15, 0.2) is 5.78 Å². The fourth-order valence-electron chi connectivity index (χ4n) is 3.16. The van der Waals surface area contributed by atoms with Crippen molar-refractivity contribution in [3.05, 3.63) is 53.3 Å². The highest BCUT2D eigenvalue weighted by Crippen LogP contribution is 2.33. The minimum absolute atomic E-state index is 0.0966. The molecule has 0 aliphatic rings. The Morgan fingerprint density at radius 1 is 1.22 bits per heavy atom. The molecule has 0 fully saturated rings. The molecule has 2 N–H and O–H groups in total. The van der Waals surface area contributed by atoms with Crippen molar-refractivity contribution >= 4 is 5.78 Å². The lowest BCUT2D eigenvalue weighted by molar-refractivity contribution is 0.0621. The molecule has 10 nitrogen and oxygen atoms in total. The Morgan fingerprint density at radius 2 is 1.97 bits per heavy atom. The summed E-state index contributed by atoms with van der Waals surface area (Å²) in [6.07, 6.45) is 1.61. The predicted molar refractivity (Wildman–Crippen MR) is 113 cm³/mol. The van der Waals surface area contributed by atoms with Crippen LogP contribution in [0, 0.1) is 11.3 Å². The summed E-state index contributed by atoms with van der Waals surface area (Å²) in [6, 6.07) is 10.1. The van der Waals surface area contributed by atoms with E-state index in [0.29, 0.717) is 23.4 Å². The van der Waals surface area contributed by atoms with Gasteiger partial charge in [0, 0.05) is 5.56 Å². The molecule has 1 unspecified atom stereocenters. The van der Waals surface area contributed by atoms with Gasteiger partial charge >= 0.3 is 0 Å². The second kappa shape index (κ2) is 10.4. The number of benzene rings is 2. The van der Waals surface area contributed by atoms with Crippen LogP contribution < -0.4 is 9.47 Å². The Bertz CT molecular complexity index is 1120. The van der Waals surface area contributed by atoms with Crippen LogP contribution in [-0.4, -0.2) is 55.5 Å². The van der Waals surface area contributed by atoms with Crippen LogP contribution >= 0.6 is 0 Å². The molecule has 1 atom stereocenters. The van der Waals surface area contributed by atoms with Crippen LogP contribution in [0.15, 0.2) is 36.7 Å². The van der Waals surface area contributed by atoms with Crippen LogP contribution in [0.5, 0.6) is 17.2 Å². The molecule has 3 aromatic rings. The summed E-state index contributed by atoms with van der Waals surface area (Å²) in [5.74, 6) is 0.333. The molecule has 0 spiro atoms. The number of phenolic OH excluding ortho intramolecular Hbond substituents is 1. The second-order valence-electron chi connectivity index (χ2n) is 7.04. The Morgan fingerprint density at radius 3 is 2.59 bits per heavy atom. The SMILES string of the molecule is CCCc1c(OCC(O)COc2cccc(-n3cnnn3)c2C#N)ccc(C(C)=O)c1O. The molecule has 0 amide bonds. The second-order valence-corrected chi connectivity index (χ2v) is 7.04. The standard InChI is InChI=1S/C22H23N5O5/c1-3-5-17-21(9-8-16(14(2)28)22(17)30)32-12-15(29)11-31-20-7-4-6-19(18(20)10-23)27-13-24-25-26-27/h4,6-9,13,15,29-30H,3,5,11-12H2,1-2H3. The van der Waals surface area contributed by atoms with Gasteiger partial charge < -0.3 is 19.7 Å². The topological polar surface area (TPSA) is 143 Å². The maximum atomic E-state index is 11.7. The third-order valence-electron chi connectivity index (χ3n) is 4.69. The van der Waals surface area contributed by atoms with Crippen molar-refractivity contribution in [2.24, 2.45) is 0 Å². The summed E-state index contributed by atoms with van der Waals surface area (Å²) in [6.45, 7) is 3.09. The number of nitriles is 1. The van der Waals surface area contributed by atoms with E-state index in [9.17, 15) is 20.3 Å². The molecule has 1 aromatic heterocycles.